The fourth-order valence-corrected chi connectivity index (χ4v) is 3.96. The zero-order chi connectivity index (χ0) is 21.9. The van der Waals surface area contributed by atoms with Crippen LogP contribution >= 0.6 is 15.9 Å². The maximum absolute atomic E-state index is 12.5. The van der Waals surface area contributed by atoms with Crippen molar-refractivity contribution < 1.29 is 14.3 Å². The molecule has 0 spiro atoms. The van der Waals surface area contributed by atoms with Crippen LogP contribution in [0, 0.1) is 0 Å². The van der Waals surface area contributed by atoms with Crippen LogP contribution in [-0.2, 0) is 16.1 Å². The summed E-state index contributed by atoms with van der Waals surface area (Å²) in [6.45, 7) is 0.437. The van der Waals surface area contributed by atoms with Gasteiger partial charge in [0.05, 0.1) is 0 Å². The van der Waals surface area contributed by atoms with E-state index < -0.39 is 5.97 Å². The van der Waals surface area contributed by atoms with Gasteiger partial charge in [-0.05, 0) is 46.7 Å². The second-order valence-electron chi connectivity index (χ2n) is 7.32. The number of halogens is 1. The third-order valence-corrected chi connectivity index (χ3v) is 5.93. The van der Waals surface area contributed by atoms with Crippen molar-refractivity contribution in [2.75, 3.05) is 0 Å². The molecule has 0 radical (unpaired) electrons. The molecule has 5 rings (SSSR count). The number of aliphatic imine (C=N–C) groups is 1. The van der Waals surface area contributed by atoms with Crippen LogP contribution in [0.15, 0.2) is 106 Å². The van der Waals surface area contributed by atoms with Crippen molar-refractivity contribution in [3.63, 3.8) is 0 Å². The van der Waals surface area contributed by atoms with Crippen LogP contribution in [0.25, 0.3) is 16.8 Å². The Bertz CT molecular complexity index is 1390. The maximum Gasteiger partial charge on any atom is 0.363 e. The van der Waals surface area contributed by atoms with Crippen molar-refractivity contribution in [3.05, 3.63) is 118 Å². The average molecular weight is 484 g/mol. The average Bonchev–Trinajstić information content (AvgIpc) is 3.18. The number of fused-ring (bicyclic) bond motifs is 1. The van der Waals surface area contributed by atoms with E-state index >= 15 is 0 Å². The minimum absolute atomic E-state index is 0.260. The number of hydrogen-bond acceptors (Lipinski definition) is 4. The van der Waals surface area contributed by atoms with E-state index in [9.17, 15) is 4.79 Å². The molecule has 0 bridgehead atoms. The number of carbonyl (C=O) groups excluding carboxylic acids is 1. The first-order valence-electron chi connectivity index (χ1n) is 10.1. The van der Waals surface area contributed by atoms with Crippen LogP contribution in [0.3, 0.4) is 0 Å². The summed E-state index contributed by atoms with van der Waals surface area (Å²) < 4.78 is 12.4. The van der Waals surface area contributed by atoms with Crippen LogP contribution in [0.1, 0.15) is 16.7 Å². The van der Waals surface area contributed by atoms with Crippen molar-refractivity contribution in [2.45, 2.75) is 6.61 Å². The van der Waals surface area contributed by atoms with E-state index in [-0.39, 0.29) is 5.70 Å². The van der Waals surface area contributed by atoms with Gasteiger partial charge in [0.1, 0.15) is 12.4 Å². The molecule has 0 aliphatic carbocycles. The van der Waals surface area contributed by atoms with Gasteiger partial charge in [-0.2, -0.15) is 0 Å². The summed E-state index contributed by atoms with van der Waals surface area (Å²) in [5.41, 5.74) is 2.92. The van der Waals surface area contributed by atoms with Crippen molar-refractivity contribution >= 4 is 44.6 Å². The number of nitrogens with zero attached hydrogens (tertiary/aromatic N) is 1. The molecule has 0 N–H and O–H groups in total. The van der Waals surface area contributed by atoms with Crippen LogP contribution in [0.5, 0.6) is 5.75 Å². The molecule has 0 fully saturated rings. The van der Waals surface area contributed by atoms with Gasteiger partial charge in [0.15, 0.2) is 5.70 Å². The monoisotopic (exact) mass is 483 g/mol. The first-order chi connectivity index (χ1) is 15.7. The molecule has 4 nitrogen and oxygen atoms in total. The highest BCUT2D eigenvalue weighted by Crippen LogP contribution is 2.26. The van der Waals surface area contributed by atoms with E-state index in [1.165, 1.54) is 0 Å². The van der Waals surface area contributed by atoms with Gasteiger partial charge in [-0.25, -0.2) is 9.79 Å². The Labute approximate surface area is 194 Å². The van der Waals surface area contributed by atoms with E-state index in [1.807, 2.05) is 91.0 Å². The Morgan fingerprint density at radius 3 is 2.59 bits per heavy atom. The van der Waals surface area contributed by atoms with E-state index in [1.54, 1.807) is 6.08 Å². The Morgan fingerprint density at radius 1 is 0.906 bits per heavy atom. The first kappa shape index (κ1) is 20.2. The summed E-state index contributed by atoms with van der Waals surface area (Å²) in [4.78, 5) is 17.0. The van der Waals surface area contributed by atoms with Gasteiger partial charge in [0.25, 0.3) is 0 Å². The number of rotatable bonds is 5. The van der Waals surface area contributed by atoms with Gasteiger partial charge < -0.3 is 9.47 Å². The molecule has 5 heteroatoms. The van der Waals surface area contributed by atoms with E-state index in [0.29, 0.717) is 18.3 Å². The number of benzene rings is 4. The minimum Gasteiger partial charge on any atom is -0.489 e. The quantitative estimate of drug-likeness (QED) is 0.239. The van der Waals surface area contributed by atoms with Gasteiger partial charge in [0, 0.05) is 15.6 Å². The summed E-state index contributed by atoms with van der Waals surface area (Å²) in [5, 5.41) is 2.06. The lowest BCUT2D eigenvalue weighted by atomic mass is 10.0. The van der Waals surface area contributed by atoms with Gasteiger partial charge in [0.2, 0.25) is 5.90 Å². The van der Waals surface area contributed by atoms with Crippen LogP contribution < -0.4 is 4.74 Å². The van der Waals surface area contributed by atoms with Crippen molar-refractivity contribution in [1.29, 1.82) is 0 Å². The number of hydrogen-bond donors (Lipinski definition) is 0. The molecular formula is C27H18BrNO3. The molecule has 0 atom stereocenters. The second kappa shape index (κ2) is 8.81. The maximum atomic E-state index is 12.5. The molecule has 1 heterocycles. The van der Waals surface area contributed by atoms with Crippen LogP contribution in [0.2, 0.25) is 0 Å². The Kier molecular flexibility index (Phi) is 5.57. The molecule has 1 aliphatic heterocycles. The Balaban J connectivity index is 1.40. The lowest BCUT2D eigenvalue weighted by Crippen LogP contribution is -2.05. The fraction of sp³-hybridized carbons (Fsp3) is 0.0370. The zero-order valence-electron chi connectivity index (χ0n) is 17.0. The van der Waals surface area contributed by atoms with Crippen molar-refractivity contribution in [3.8, 4) is 5.75 Å². The van der Waals surface area contributed by atoms with Crippen molar-refractivity contribution in [1.82, 2.24) is 0 Å². The molecule has 0 saturated heterocycles. The molecule has 0 unspecified atom stereocenters. The summed E-state index contributed by atoms with van der Waals surface area (Å²) in [6.07, 6.45) is 1.71. The molecule has 0 aromatic heterocycles. The smallest absolute Gasteiger partial charge is 0.363 e. The van der Waals surface area contributed by atoms with Gasteiger partial charge in [-0.15, -0.1) is 0 Å². The van der Waals surface area contributed by atoms with Gasteiger partial charge in [-0.1, -0.05) is 82.7 Å². The molecular weight excluding hydrogens is 466 g/mol. The lowest BCUT2D eigenvalue weighted by molar-refractivity contribution is -0.129. The Hall–Kier alpha value is -3.70. The predicted octanol–water partition coefficient (Wildman–Crippen LogP) is 6.53. The number of esters is 1. The lowest BCUT2D eigenvalue weighted by Gasteiger charge is -2.08. The number of cyclic esters (lactones) is 1. The largest absolute Gasteiger partial charge is 0.489 e. The molecule has 0 saturated carbocycles. The highest BCUT2D eigenvalue weighted by molar-refractivity contribution is 9.10. The minimum atomic E-state index is -0.465. The molecule has 32 heavy (non-hydrogen) atoms. The fourth-order valence-electron chi connectivity index (χ4n) is 3.56. The third kappa shape index (κ3) is 4.20. The normalized spacial score (nSPS) is 14.5. The van der Waals surface area contributed by atoms with Crippen LogP contribution in [0.4, 0.5) is 0 Å². The summed E-state index contributed by atoms with van der Waals surface area (Å²) in [5.74, 6) is 0.562. The molecule has 1 aliphatic rings. The summed E-state index contributed by atoms with van der Waals surface area (Å²) in [6, 6.07) is 29.3. The molecule has 156 valence electrons. The summed E-state index contributed by atoms with van der Waals surface area (Å²) >= 11 is 3.53. The van der Waals surface area contributed by atoms with Crippen LogP contribution in [-0.4, -0.2) is 11.9 Å². The second-order valence-corrected chi connectivity index (χ2v) is 8.17. The van der Waals surface area contributed by atoms with E-state index in [0.717, 1.165) is 31.9 Å². The molecule has 4 aromatic rings. The topological polar surface area (TPSA) is 47.9 Å². The third-order valence-electron chi connectivity index (χ3n) is 5.15. The van der Waals surface area contributed by atoms with Gasteiger partial charge >= 0.3 is 5.97 Å². The Morgan fingerprint density at radius 2 is 1.69 bits per heavy atom. The highest BCUT2D eigenvalue weighted by Gasteiger charge is 2.25. The summed E-state index contributed by atoms with van der Waals surface area (Å²) in [7, 11) is 0. The first-order valence-corrected chi connectivity index (χ1v) is 10.9. The van der Waals surface area contributed by atoms with E-state index in [4.69, 9.17) is 9.47 Å². The number of ether oxygens (including phenoxy) is 2. The molecule has 0 amide bonds. The molecule has 4 aromatic carbocycles. The zero-order valence-corrected chi connectivity index (χ0v) is 18.6. The standard InChI is InChI=1S/C27H18BrNO3/c28-24-14-4-2-9-20(24)17-31-21-11-5-7-18(15-21)16-25-27(30)32-26(29-25)23-13-6-10-19-8-1-3-12-22(19)23/h1-16H,17H2/b25-16-. The van der Waals surface area contributed by atoms with E-state index in [2.05, 4.69) is 20.9 Å². The van der Waals surface area contributed by atoms with Crippen molar-refractivity contribution in [2.24, 2.45) is 4.99 Å². The predicted molar refractivity (Wildman–Crippen MR) is 129 cm³/mol. The van der Waals surface area contributed by atoms with Gasteiger partial charge in [-0.3, -0.25) is 0 Å². The SMILES string of the molecule is O=C1OC(c2cccc3ccccc23)=N/C1=C\c1cccc(OCc2ccccc2Br)c1. The number of carbonyl (C=O) groups is 1. The highest BCUT2D eigenvalue weighted by atomic mass is 79.9.